The molecule has 2 heteroatoms. The average molecular weight is 138 g/mol. The van der Waals surface area contributed by atoms with Crippen molar-refractivity contribution in [1.29, 1.82) is 0 Å². The van der Waals surface area contributed by atoms with E-state index in [1.54, 1.807) is 0 Å². The summed E-state index contributed by atoms with van der Waals surface area (Å²) in [6.45, 7) is 3.34. The van der Waals surface area contributed by atoms with E-state index in [1.807, 2.05) is 0 Å². The van der Waals surface area contributed by atoms with E-state index in [-0.39, 0.29) is 0 Å². The van der Waals surface area contributed by atoms with Crippen LogP contribution in [0.4, 0.5) is 0 Å². The molecule has 2 rings (SSSR count). The molecule has 0 bridgehead atoms. The summed E-state index contributed by atoms with van der Waals surface area (Å²) < 4.78 is 0. The maximum Gasteiger partial charge on any atom is 0.0389 e. The van der Waals surface area contributed by atoms with Crippen LogP contribution in [0.25, 0.3) is 0 Å². The molecule has 10 heavy (non-hydrogen) atoms. The predicted octanol–water partition coefficient (Wildman–Crippen LogP) is 0.831. The Balaban J connectivity index is 2.08. The molecule has 2 aliphatic heterocycles. The number of nitrogens with zero attached hydrogens (tertiary/aromatic N) is 1. The molecule has 0 aromatic heterocycles. The zero-order valence-corrected chi connectivity index (χ0v) is 6.27. The summed E-state index contributed by atoms with van der Waals surface area (Å²) in [4.78, 5) is 4.51. The molecule has 0 spiro atoms. The fraction of sp³-hybridized carbons (Fsp3) is 0.875. The van der Waals surface area contributed by atoms with Crippen molar-refractivity contribution in [3.63, 3.8) is 0 Å². The van der Waals surface area contributed by atoms with E-state index in [2.05, 4.69) is 10.3 Å². The van der Waals surface area contributed by atoms with Crippen molar-refractivity contribution >= 4 is 5.71 Å². The Morgan fingerprint density at radius 2 is 2.40 bits per heavy atom. The van der Waals surface area contributed by atoms with Crippen molar-refractivity contribution in [2.45, 2.75) is 19.3 Å². The fourth-order valence-corrected chi connectivity index (χ4v) is 1.86. The first-order valence-corrected chi connectivity index (χ1v) is 4.21. The summed E-state index contributed by atoms with van der Waals surface area (Å²) in [7, 11) is 0. The summed E-state index contributed by atoms with van der Waals surface area (Å²) in [5, 5.41) is 3.35. The molecule has 2 nitrogen and oxygen atoms in total. The highest BCUT2D eigenvalue weighted by atomic mass is 14.9. The lowest BCUT2D eigenvalue weighted by Gasteiger charge is -2.27. The van der Waals surface area contributed by atoms with Gasteiger partial charge in [0.2, 0.25) is 0 Å². The van der Waals surface area contributed by atoms with Crippen molar-refractivity contribution in [2.24, 2.45) is 10.9 Å². The van der Waals surface area contributed by atoms with Crippen LogP contribution in [0.3, 0.4) is 0 Å². The van der Waals surface area contributed by atoms with Gasteiger partial charge in [0.15, 0.2) is 0 Å². The minimum atomic E-state index is 0.843. The monoisotopic (exact) mass is 138 g/mol. The minimum Gasteiger partial charge on any atom is -0.311 e. The molecular weight excluding hydrogens is 124 g/mol. The van der Waals surface area contributed by atoms with E-state index in [4.69, 9.17) is 0 Å². The molecule has 0 amide bonds. The molecule has 56 valence electrons. The molecule has 2 heterocycles. The highest BCUT2D eigenvalue weighted by molar-refractivity contribution is 5.89. The Morgan fingerprint density at radius 3 is 3.30 bits per heavy atom. The quantitative estimate of drug-likeness (QED) is 0.527. The summed E-state index contributed by atoms with van der Waals surface area (Å²) in [5.41, 5.74) is 1.44. The molecule has 1 unspecified atom stereocenters. The SMILES string of the molecule is C1CN=C2CNCCC2C1. The van der Waals surface area contributed by atoms with Gasteiger partial charge in [-0.25, -0.2) is 0 Å². The minimum absolute atomic E-state index is 0.843. The van der Waals surface area contributed by atoms with Gasteiger partial charge in [0.25, 0.3) is 0 Å². The lowest BCUT2D eigenvalue weighted by Crippen LogP contribution is -2.38. The molecule has 1 atom stereocenters. The van der Waals surface area contributed by atoms with Crippen molar-refractivity contribution < 1.29 is 0 Å². The van der Waals surface area contributed by atoms with Gasteiger partial charge < -0.3 is 5.32 Å². The normalized spacial score (nSPS) is 32.8. The number of nitrogens with one attached hydrogen (secondary N) is 1. The summed E-state index contributed by atoms with van der Waals surface area (Å²) in [6, 6.07) is 0. The molecule has 0 saturated carbocycles. The van der Waals surface area contributed by atoms with Crippen molar-refractivity contribution in [1.82, 2.24) is 5.32 Å². The molecular formula is C8H14N2. The Hall–Kier alpha value is -0.370. The Bertz CT molecular complexity index is 151. The predicted molar refractivity (Wildman–Crippen MR) is 42.5 cm³/mol. The summed E-state index contributed by atoms with van der Waals surface area (Å²) in [5.74, 6) is 0.843. The second-order valence-electron chi connectivity index (χ2n) is 3.18. The maximum atomic E-state index is 4.51. The second-order valence-corrected chi connectivity index (χ2v) is 3.18. The number of hydrogen-bond donors (Lipinski definition) is 1. The molecule has 0 aliphatic carbocycles. The van der Waals surface area contributed by atoms with Gasteiger partial charge >= 0.3 is 0 Å². The number of piperidine rings is 1. The Labute approximate surface area is 61.7 Å². The van der Waals surface area contributed by atoms with E-state index < -0.39 is 0 Å². The van der Waals surface area contributed by atoms with Crippen LogP contribution < -0.4 is 5.32 Å². The van der Waals surface area contributed by atoms with Gasteiger partial charge in [-0.05, 0) is 31.7 Å². The highest BCUT2D eigenvalue weighted by Gasteiger charge is 2.21. The molecule has 1 saturated heterocycles. The van der Waals surface area contributed by atoms with Gasteiger partial charge in [-0.15, -0.1) is 0 Å². The number of aliphatic imine (C=N–C) groups is 1. The van der Waals surface area contributed by atoms with E-state index in [9.17, 15) is 0 Å². The van der Waals surface area contributed by atoms with E-state index >= 15 is 0 Å². The van der Waals surface area contributed by atoms with Crippen LogP contribution in [0.2, 0.25) is 0 Å². The number of fused-ring (bicyclic) bond motifs is 1. The first-order chi connectivity index (χ1) is 4.97. The van der Waals surface area contributed by atoms with Gasteiger partial charge in [0.05, 0.1) is 0 Å². The standard InChI is InChI=1S/C8H14N2/c1-2-7-3-5-9-6-8(7)10-4-1/h7,9H,1-6H2. The van der Waals surface area contributed by atoms with E-state index in [0.717, 1.165) is 19.0 Å². The first-order valence-electron chi connectivity index (χ1n) is 4.21. The van der Waals surface area contributed by atoms with Gasteiger partial charge in [0.1, 0.15) is 0 Å². The van der Waals surface area contributed by atoms with Gasteiger partial charge in [0, 0.05) is 18.8 Å². The first kappa shape index (κ1) is 6.35. The number of hydrogen-bond acceptors (Lipinski definition) is 2. The van der Waals surface area contributed by atoms with Crippen molar-refractivity contribution in [2.75, 3.05) is 19.6 Å². The Morgan fingerprint density at radius 1 is 1.40 bits per heavy atom. The third kappa shape index (κ3) is 1.08. The lowest BCUT2D eigenvalue weighted by molar-refractivity contribution is 0.476. The topological polar surface area (TPSA) is 24.4 Å². The lowest BCUT2D eigenvalue weighted by atomic mass is 9.89. The van der Waals surface area contributed by atoms with Gasteiger partial charge in [-0.3, -0.25) is 4.99 Å². The smallest absolute Gasteiger partial charge is 0.0389 e. The van der Waals surface area contributed by atoms with Gasteiger partial charge in [-0.1, -0.05) is 0 Å². The van der Waals surface area contributed by atoms with Crippen LogP contribution in [0.1, 0.15) is 19.3 Å². The van der Waals surface area contributed by atoms with Crippen molar-refractivity contribution in [3.05, 3.63) is 0 Å². The van der Waals surface area contributed by atoms with E-state index in [1.165, 1.54) is 31.5 Å². The van der Waals surface area contributed by atoms with Gasteiger partial charge in [-0.2, -0.15) is 0 Å². The van der Waals surface area contributed by atoms with Crippen LogP contribution >= 0.6 is 0 Å². The van der Waals surface area contributed by atoms with Crippen LogP contribution in [-0.2, 0) is 0 Å². The highest BCUT2D eigenvalue weighted by Crippen LogP contribution is 2.19. The van der Waals surface area contributed by atoms with Crippen LogP contribution in [0, 0.1) is 5.92 Å². The summed E-state index contributed by atoms with van der Waals surface area (Å²) in [6.07, 6.45) is 4.02. The third-order valence-electron chi connectivity index (χ3n) is 2.47. The van der Waals surface area contributed by atoms with Crippen LogP contribution in [-0.4, -0.2) is 25.3 Å². The average Bonchev–Trinajstić information content (AvgIpc) is 2.05. The Kier molecular flexibility index (Phi) is 1.72. The fourth-order valence-electron chi connectivity index (χ4n) is 1.86. The maximum absolute atomic E-state index is 4.51. The third-order valence-corrected chi connectivity index (χ3v) is 2.47. The molecule has 0 aromatic rings. The van der Waals surface area contributed by atoms with Crippen LogP contribution in [0.15, 0.2) is 4.99 Å². The molecule has 1 N–H and O–H groups in total. The molecule has 1 fully saturated rings. The zero-order chi connectivity index (χ0) is 6.81. The second kappa shape index (κ2) is 2.70. The number of rotatable bonds is 0. The largest absolute Gasteiger partial charge is 0.311 e. The molecule has 0 radical (unpaired) electrons. The van der Waals surface area contributed by atoms with Crippen LogP contribution in [0.5, 0.6) is 0 Å². The van der Waals surface area contributed by atoms with E-state index in [0.29, 0.717) is 0 Å². The zero-order valence-electron chi connectivity index (χ0n) is 6.27. The van der Waals surface area contributed by atoms with Crippen molar-refractivity contribution in [3.8, 4) is 0 Å². The molecule has 0 aromatic carbocycles. The summed E-state index contributed by atoms with van der Waals surface area (Å²) >= 11 is 0. The molecule has 2 aliphatic rings.